The summed E-state index contributed by atoms with van der Waals surface area (Å²) < 4.78 is 1.79. The Morgan fingerprint density at radius 1 is 0.964 bits per heavy atom. The van der Waals surface area contributed by atoms with Crippen LogP contribution < -0.4 is 0 Å². The summed E-state index contributed by atoms with van der Waals surface area (Å²) in [5, 5.41) is 4.37. The average molecular weight is 381 g/mol. The number of amides is 1. The van der Waals surface area contributed by atoms with Crippen molar-refractivity contribution in [2.24, 2.45) is 5.92 Å². The van der Waals surface area contributed by atoms with Crippen LogP contribution in [0.4, 0.5) is 0 Å². The molecule has 2 fully saturated rings. The highest BCUT2D eigenvalue weighted by molar-refractivity contribution is 5.83. The van der Waals surface area contributed by atoms with Crippen molar-refractivity contribution >= 4 is 5.91 Å². The van der Waals surface area contributed by atoms with E-state index in [1.165, 1.54) is 45.3 Å². The summed E-state index contributed by atoms with van der Waals surface area (Å²) in [6.07, 6.45) is 11.3. The lowest BCUT2D eigenvalue weighted by Crippen LogP contribution is -2.44. The zero-order valence-electron chi connectivity index (χ0n) is 16.7. The van der Waals surface area contributed by atoms with E-state index < -0.39 is 0 Å². The normalized spacial score (nSPS) is 20.6. The number of carbonyl (C=O) groups is 1. The van der Waals surface area contributed by atoms with Crippen molar-refractivity contribution in [3.63, 3.8) is 0 Å². The van der Waals surface area contributed by atoms with Crippen molar-refractivity contribution in [2.45, 2.75) is 44.6 Å². The van der Waals surface area contributed by atoms with Crippen LogP contribution in [0.15, 0.2) is 48.8 Å². The van der Waals surface area contributed by atoms with Gasteiger partial charge < -0.3 is 9.80 Å². The number of carbonyl (C=O) groups excluding carboxylic acids is 1. The Labute approximate surface area is 168 Å². The predicted molar refractivity (Wildman–Crippen MR) is 111 cm³/mol. The molecule has 0 saturated carbocycles. The number of hydrogen-bond donors (Lipinski definition) is 0. The molecule has 1 aromatic carbocycles. The van der Waals surface area contributed by atoms with Gasteiger partial charge in [0.2, 0.25) is 0 Å². The van der Waals surface area contributed by atoms with Crippen LogP contribution in [0.1, 0.15) is 50.1 Å². The van der Waals surface area contributed by atoms with E-state index in [9.17, 15) is 4.79 Å². The lowest BCUT2D eigenvalue weighted by atomic mass is 9.95. The molecule has 1 amide bonds. The Kier molecular flexibility index (Phi) is 6.42. The van der Waals surface area contributed by atoms with Crippen molar-refractivity contribution in [2.75, 3.05) is 32.7 Å². The van der Waals surface area contributed by atoms with Crippen LogP contribution in [0.25, 0.3) is 0 Å². The molecule has 5 nitrogen and oxygen atoms in total. The van der Waals surface area contributed by atoms with Crippen molar-refractivity contribution in [1.29, 1.82) is 0 Å². The molecule has 0 aliphatic carbocycles. The first-order valence-electron chi connectivity index (χ1n) is 10.9. The highest BCUT2D eigenvalue weighted by Gasteiger charge is 2.31. The molecule has 2 aliphatic heterocycles. The van der Waals surface area contributed by atoms with E-state index in [-0.39, 0.29) is 11.9 Å². The minimum atomic E-state index is -0.363. The topological polar surface area (TPSA) is 41.4 Å². The first kappa shape index (κ1) is 19.2. The molecule has 0 N–H and O–H groups in total. The largest absolute Gasteiger partial charge is 0.341 e. The Morgan fingerprint density at radius 2 is 1.68 bits per heavy atom. The van der Waals surface area contributed by atoms with Gasteiger partial charge in [-0.15, -0.1) is 0 Å². The second kappa shape index (κ2) is 9.37. The lowest BCUT2D eigenvalue weighted by molar-refractivity contribution is -0.135. The molecule has 0 radical (unpaired) electrons. The molecule has 2 aliphatic rings. The van der Waals surface area contributed by atoms with Crippen LogP contribution in [-0.2, 0) is 4.79 Å². The summed E-state index contributed by atoms with van der Waals surface area (Å²) in [6, 6.07) is 11.5. The van der Waals surface area contributed by atoms with Gasteiger partial charge in [-0.25, -0.2) is 0 Å². The molecule has 1 aromatic heterocycles. The molecule has 1 unspecified atom stereocenters. The number of nitrogens with zero attached hydrogens (tertiary/aromatic N) is 4. The van der Waals surface area contributed by atoms with Gasteiger partial charge in [-0.1, -0.05) is 43.2 Å². The maximum Gasteiger partial charge on any atom is 0.252 e. The zero-order chi connectivity index (χ0) is 19.2. The smallest absolute Gasteiger partial charge is 0.252 e. The second-order valence-electron chi connectivity index (χ2n) is 8.28. The number of likely N-dealkylation sites (tertiary alicyclic amines) is 2. The minimum absolute atomic E-state index is 0.170. The highest BCUT2D eigenvalue weighted by atomic mass is 16.2. The maximum atomic E-state index is 13.4. The first-order chi connectivity index (χ1) is 13.8. The lowest BCUT2D eigenvalue weighted by Gasteiger charge is -2.36. The number of hydrogen-bond acceptors (Lipinski definition) is 3. The van der Waals surface area contributed by atoms with Crippen LogP contribution in [0.2, 0.25) is 0 Å². The second-order valence-corrected chi connectivity index (χ2v) is 8.28. The van der Waals surface area contributed by atoms with Crippen molar-refractivity contribution < 1.29 is 4.79 Å². The standard InChI is InChI=1S/C23H32N4O/c28-23(22(27-16-8-13-24-27)21-9-4-3-5-10-21)26-17-11-20(12-18-26)19-25-14-6-1-2-7-15-25/h3-5,8-10,13,16,20,22H,1-2,6-7,11-12,14-15,17-19H2. The van der Waals surface area contributed by atoms with E-state index in [2.05, 4.69) is 14.9 Å². The summed E-state index contributed by atoms with van der Waals surface area (Å²) in [5.74, 6) is 0.894. The molecule has 5 heteroatoms. The molecule has 2 aromatic rings. The van der Waals surface area contributed by atoms with Crippen LogP contribution in [0.5, 0.6) is 0 Å². The highest BCUT2D eigenvalue weighted by Crippen LogP contribution is 2.25. The SMILES string of the molecule is O=C(C(c1ccccc1)n1cccn1)N1CCC(CN2CCCCCC2)CC1. The van der Waals surface area contributed by atoms with Gasteiger partial charge in [-0.3, -0.25) is 9.48 Å². The summed E-state index contributed by atoms with van der Waals surface area (Å²) in [6.45, 7) is 5.45. The van der Waals surface area contributed by atoms with Gasteiger partial charge >= 0.3 is 0 Å². The number of piperidine rings is 1. The van der Waals surface area contributed by atoms with Gasteiger partial charge in [0.1, 0.15) is 0 Å². The van der Waals surface area contributed by atoms with Gasteiger partial charge in [0.25, 0.3) is 5.91 Å². The van der Waals surface area contributed by atoms with Gasteiger partial charge in [-0.05, 0) is 56.3 Å². The first-order valence-corrected chi connectivity index (χ1v) is 10.9. The van der Waals surface area contributed by atoms with E-state index in [4.69, 9.17) is 0 Å². The van der Waals surface area contributed by atoms with Gasteiger partial charge in [0.15, 0.2) is 6.04 Å². The summed E-state index contributed by atoms with van der Waals surface area (Å²) in [7, 11) is 0. The van der Waals surface area contributed by atoms with Crippen molar-refractivity contribution in [3.8, 4) is 0 Å². The quantitative estimate of drug-likeness (QED) is 0.796. The van der Waals surface area contributed by atoms with Gasteiger partial charge in [0, 0.05) is 32.0 Å². The zero-order valence-corrected chi connectivity index (χ0v) is 16.7. The maximum absolute atomic E-state index is 13.4. The van der Waals surface area contributed by atoms with Gasteiger partial charge in [0.05, 0.1) is 0 Å². The molecule has 150 valence electrons. The van der Waals surface area contributed by atoms with Crippen molar-refractivity contribution in [1.82, 2.24) is 19.6 Å². The minimum Gasteiger partial charge on any atom is -0.341 e. The summed E-state index contributed by atoms with van der Waals surface area (Å²) in [4.78, 5) is 18.1. The van der Waals surface area contributed by atoms with Crippen LogP contribution in [0.3, 0.4) is 0 Å². The number of rotatable bonds is 5. The summed E-state index contributed by atoms with van der Waals surface area (Å²) in [5.41, 5.74) is 1.00. The van der Waals surface area contributed by atoms with E-state index in [0.717, 1.165) is 37.4 Å². The van der Waals surface area contributed by atoms with E-state index in [1.807, 2.05) is 42.6 Å². The summed E-state index contributed by atoms with van der Waals surface area (Å²) >= 11 is 0. The average Bonchev–Trinajstić information content (AvgIpc) is 3.13. The molecule has 0 spiro atoms. The monoisotopic (exact) mass is 380 g/mol. The molecule has 1 atom stereocenters. The Hall–Kier alpha value is -2.14. The Morgan fingerprint density at radius 3 is 2.32 bits per heavy atom. The fraction of sp³-hybridized carbons (Fsp3) is 0.565. The fourth-order valence-corrected chi connectivity index (χ4v) is 4.67. The fourth-order valence-electron chi connectivity index (χ4n) is 4.67. The Balaban J connectivity index is 1.38. The van der Waals surface area contributed by atoms with Crippen LogP contribution in [0, 0.1) is 5.92 Å². The third-order valence-corrected chi connectivity index (χ3v) is 6.28. The number of benzene rings is 1. The molecular weight excluding hydrogens is 348 g/mol. The molecule has 0 bridgehead atoms. The van der Waals surface area contributed by atoms with E-state index in [0.29, 0.717) is 0 Å². The third kappa shape index (κ3) is 4.64. The molecule has 2 saturated heterocycles. The Bertz CT molecular complexity index is 714. The molecular formula is C23H32N4O. The van der Waals surface area contributed by atoms with Gasteiger partial charge in [-0.2, -0.15) is 5.10 Å². The van der Waals surface area contributed by atoms with Crippen molar-refractivity contribution in [3.05, 3.63) is 54.4 Å². The predicted octanol–water partition coefficient (Wildman–Crippen LogP) is 3.59. The van der Waals surface area contributed by atoms with E-state index >= 15 is 0 Å². The molecule has 28 heavy (non-hydrogen) atoms. The van der Waals surface area contributed by atoms with Crippen LogP contribution in [-0.4, -0.2) is 58.2 Å². The third-order valence-electron chi connectivity index (χ3n) is 6.28. The molecule has 4 rings (SSSR count). The molecule has 3 heterocycles. The number of aromatic nitrogens is 2. The van der Waals surface area contributed by atoms with Crippen LogP contribution >= 0.6 is 0 Å². The van der Waals surface area contributed by atoms with E-state index in [1.54, 1.807) is 10.9 Å².